The van der Waals surface area contributed by atoms with Crippen molar-refractivity contribution < 1.29 is 27.5 Å². The first-order valence-electron chi connectivity index (χ1n) is 14.3. The first kappa shape index (κ1) is 29.8. The molecule has 1 aromatic heterocycles. The number of aromatic nitrogens is 2. The van der Waals surface area contributed by atoms with Crippen molar-refractivity contribution in [3.8, 4) is 0 Å². The van der Waals surface area contributed by atoms with Crippen LogP contribution in [0.25, 0.3) is 0 Å². The zero-order valence-corrected chi connectivity index (χ0v) is 23.7. The number of aldehydes is 1. The van der Waals surface area contributed by atoms with E-state index >= 15 is 0 Å². The van der Waals surface area contributed by atoms with Gasteiger partial charge in [0.15, 0.2) is 0 Å². The third-order valence-electron chi connectivity index (χ3n) is 8.87. The number of piperazine rings is 2. The van der Waals surface area contributed by atoms with Gasteiger partial charge in [0.25, 0.3) is 0 Å². The Hall–Kier alpha value is -2.67. The molecule has 1 aromatic carbocycles. The first-order chi connectivity index (χ1) is 19.5. The van der Waals surface area contributed by atoms with Crippen molar-refractivity contribution in [2.75, 3.05) is 57.3 Å². The third-order valence-corrected chi connectivity index (χ3v) is 8.87. The van der Waals surface area contributed by atoms with Gasteiger partial charge in [-0.25, -0.2) is 14.4 Å². The molecule has 12 heteroatoms. The van der Waals surface area contributed by atoms with Crippen LogP contribution in [0.15, 0.2) is 24.5 Å². The highest BCUT2D eigenvalue weighted by Crippen LogP contribution is 2.43. The zero-order chi connectivity index (χ0) is 29.5. The van der Waals surface area contributed by atoms with Gasteiger partial charge in [-0.15, -0.1) is 0 Å². The van der Waals surface area contributed by atoms with Crippen molar-refractivity contribution in [1.29, 1.82) is 0 Å². The van der Waals surface area contributed by atoms with Crippen LogP contribution in [0.1, 0.15) is 67.5 Å². The van der Waals surface area contributed by atoms with Crippen molar-refractivity contribution in [3.63, 3.8) is 0 Å². The number of carbonyl (C=O) groups excluding carboxylic acids is 1. The number of aliphatic hydroxyl groups excluding tert-OH is 1. The fraction of sp³-hybridized carbons (Fsp3) is 0.621. The van der Waals surface area contributed by atoms with E-state index in [0.29, 0.717) is 57.4 Å². The lowest BCUT2D eigenvalue weighted by molar-refractivity contribution is -0.140. The predicted octanol–water partition coefficient (Wildman–Crippen LogP) is 3.63. The number of aliphatic hydroxyl groups is 1. The summed E-state index contributed by atoms with van der Waals surface area (Å²) in [5.41, 5.74) is 0.552. The van der Waals surface area contributed by atoms with Crippen LogP contribution in [0.4, 0.5) is 23.4 Å². The Kier molecular flexibility index (Phi) is 8.66. The lowest BCUT2D eigenvalue weighted by Crippen LogP contribution is -2.62. The van der Waals surface area contributed by atoms with E-state index in [2.05, 4.69) is 50.3 Å². The standard InChI is InChI=1S/C29H38F4N6O2/c1-18(2)36-6-10-38(11-7-36)28(21(16-40)20-4-5-22(23(30)15-20)29(31,32)33)39-12-8-37(9-13-39)27-25-19(3)14-24(41)26(25)34-17-35-27/h4-5,15-19,21,24,28,41H,6-14H2,1-3H3/t19-,21?,24-,28?/m1/s1. The number of anilines is 1. The van der Waals surface area contributed by atoms with Gasteiger partial charge in [-0.05, 0) is 43.9 Å². The maximum atomic E-state index is 14.6. The Bertz CT molecular complexity index is 1230. The quantitative estimate of drug-likeness (QED) is 0.395. The van der Waals surface area contributed by atoms with Gasteiger partial charge in [0.05, 0.1) is 29.4 Å². The topological polar surface area (TPSA) is 76.0 Å². The molecule has 2 unspecified atom stereocenters. The maximum Gasteiger partial charge on any atom is 0.419 e. The summed E-state index contributed by atoms with van der Waals surface area (Å²) in [7, 11) is 0. The fourth-order valence-corrected chi connectivity index (χ4v) is 6.65. The van der Waals surface area contributed by atoms with Crippen molar-refractivity contribution in [2.45, 2.75) is 63.5 Å². The van der Waals surface area contributed by atoms with Crippen LogP contribution in [0, 0.1) is 5.82 Å². The molecule has 0 radical (unpaired) electrons. The molecule has 41 heavy (non-hydrogen) atoms. The Labute approximate surface area is 238 Å². The SMILES string of the molecule is CC(C)N1CCN(C(C(C=O)c2ccc(C(F)(F)F)c(F)c2)N2CCN(c3ncnc4c3[C@H](C)C[C@H]4O)CC2)CC1. The van der Waals surface area contributed by atoms with Crippen LogP contribution in [0.3, 0.4) is 0 Å². The van der Waals surface area contributed by atoms with Gasteiger partial charge in [-0.3, -0.25) is 14.7 Å². The molecule has 1 aliphatic carbocycles. The van der Waals surface area contributed by atoms with Crippen LogP contribution in [-0.2, 0) is 11.0 Å². The van der Waals surface area contributed by atoms with E-state index in [-0.39, 0.29) is 11.5 Å². The number of hydrogen-bond donors (Lipinski definition) is 1. The molecule has 2 fully saturated rings. The van der Waals surface area contributed by atoms with Crippen molar-refractivity contribution in [3.05, 3.63) is 52.7 Å². The summed E-state index contributed by atoms with van der Waals surface area (Å²) >= 11 is 0. The Morgan fingerprint density at radius 1 is 0.976 bits per heavy atom. The summed E-state index contributed by atoms with van der Waals surface area (Å²) in [5.74, 6) is -1.25. The van der Waals surface area contributed by atoms with Gasteiger partial charge in [-0.2, -0.15) is 13.2 Å². The van der Waals surface area contributed by atoms with Crippen LogP contribution in [0.2, 0.25) is 0 Å². The van der Waals surface area contributed by atoms with Gasteiger partial charge in [0.1, 0.15) is 24.2 Å². The van der Waals surface area contributed by atoms with Crippen molar-refractivity contribution in [2.24, 2.45) is 0 Å². The molecule has 0 spiro atoms. The number of carbonyl (C=O) groups is 1. The monoisotopic (exact) mass is 578 g/mol. The molecular weight excluding hydrogens is 540 g/mol. The molecule has 0 bridgehead atoms. The molecule has 2 aliphatic heterocycles. The van der Waals surface area contributed by atoms with Crippen LogP contribution in [0.5, 0.6) is 0 Å². The molecule has 5 rings (SSSR count). The van der Waals surface area contributed by atoms with E-state index in [1.807, 2.05) is 0 Å². The van der Waals surface area contributed by atoms with E-state index in [0.717, 1.165) is 42.9 Å². The highest BCUT2D eigenvalue weighted by atomic mass is 19.4. The van der Waals surface area contributed by atoms with E-state index < -0.39 is 35.7 Å². The molecule has 0 saturated carbocycles. The molecule has 1 N–H and O–H groups in total. The Morgan fingerprint density at radius 3 is 2.15 bits per heavy atom. The number of rotatable bonds is 7. The predicted molar refractivity (Wildman–Crippen MR) is 146 cm³/mol. The minimum atomic E-state index is -4.81. The average Bonchev–Trinajstić information content (AvgIpc) is 3.24. The number of fused-ring (bicyclic) bond motifs is 1. The number of alkyl halides is 3. The van der Waals surface area contributed by atoms with E-state index in [1.165, 1.54) is 12.4 Å². The normalized spacial score (nSPS) is 24.5. The number of hydrogen-bond acceptors (Lipinski definition) is 8. The molecule has 8 nitrogen and oxygen atoms in total. The second-order valence-electron chi connectivity index (χ2n) is 11.6. The Morgan fingerprint density at radius 2 is 1.59 bits per heavy atom. The largest absolute Gasteiger partial charge is 0.419 e. The average molecular weight is 579 g/mol. The fourth-order valence-electron chi connectivity index (χ4n) is 6.65. The first-order valence-corrected chi connectivity index (χ1v) is 14.3. The molecule has 3 heterocycles. The van der Waals surface area contributed by atoms with Crippen LogP contribution < -0.4 is 4.90 Å². The number of halogens is 4. The second-order valence-corrected chi connectivity index (χ2v) is 11.6. The van der Waals surface area contributed by atoms with Crippen molar-refractivity contribution >= 4 is 12.1 Å². The maximum absolute atomic E-state index is 14.6. The molecule has 2 saturated heterocycles. The third kappa shape index (κ3) is 5.97. The smallest absolute Gasteiger partial charge is 0.387 e. The molecule has 224 valence electrons. The summed E-state index contributed by atoms with van der Waals surface area (Å²) in [6.45, 7) is 11.7. The summed E-state index contributed by atoms with van der Waals surface area (Å²) in [5, 5.41) is 10.4. The molecule has 4 atom stereocenters. The van der Waals surface area contributed by atoms with E-state index in [4.69, 9.17) is 0 Å². The molecule has 3 aliphatic rings. The van der Waals surface area contributed by atoms with E-state index in [1.54, 1.807) is 0 Å². The summed E-state index contributed by atoms with van der Waals surface area (Å²) < 4.78 is 54.4. The van der Waals surface area contributed by atoms with Gasteiger partial charge in [0, 0.05) is 64.0 Å². The lowest BCUT2D eigenvalue weighted by Gasteiger charge is -2.49. The van der Waals surface area contributed by atoms with Gasteiger partial charge in [0.2, 0.25) is 0 Å². The van der Waals surface area contributed by atoms with Crippen LogP contribution in [-0.4, -0.2) is 101 Å². The lowest BCUT2D eigenvalue weighted by atomic mass is 9.93. The van der Waals surface area contributed by atoms with Gasteiger partial charge < -0.3 is 14.8 Å². The van der Waals surface area contributed by atoms with E-state index in [9.17, 15) is 27.5 Å². The molecule has 2 aromatic rings. The number of nitrogens with zero attached hydrogens (tertiary/aromatic N) is 6. The Balaban J connectivity index is 1.40. The summed E-state index contributed by atoms with van der Waals surface area (Å²) in [4.78, 5) is 30.4. The van der Waals surface area contributed by atoms with Crippen LogP contribution >= 0.6 is 0 Å². The minimum absolute atomic E-state index is 0.133. The van der Waals surface area contributed by atoms with Crippen molar-refractivity contribution in [1.82, 2.24) is 24.7 Å². The summed E-state index contributed by atoms with van der Waals surface area (Å²) in [6.07, 6.45) is -3.01. The highest BCUT2D eigenvalue weighted by molar-refractivity contribution is 5.64. The highest BCUT2D eigenvalue weighted by Gasteiger charge is 2.40. The minimum Gasteiger partial charge on any atom is -0.387 e. The number of benzene rings is 1. The molecule has 0 amide bonds. The molecular formula is C29H38F4N6O2. The van der Waals surface area contributed by atoms with Gasteiger partial charge >= 0.3 is 6.18 Å². The van der Waals surface area contributed by atoms with Gasteiger partial charge in [-0.1, -0.05) is 13.0 Å². The summed E-state index contributed by atoms with van der Waals surface area (Å²) in [6, 6.07) is 3.21. The zero-order valence-electron chi connectivity index (χ0n) is 23.7. The second kappa shape index (κ2) is 11.9.